The van der Waals surface area contributed by atoms with E-state index in [0.29, 0.717) is 0 Å². The van der Waals surface area contributed by atoms with Crippen molar-refractivity contribution in [3.05, 3.63) is 0 Å². The smallest absolute Gasteiger partial charge is 0.408 e. The third-order valence-electron chi connectivity index (χ3n) is 1.36. The number of hydrogen-bond acceptors (Lipinski definition) is 4. The summed E-state index contributed by atoms with van der Waals surface area (Å²) in [6, 6.07) is 0. The third-order valence-corrected chi connectivity index (χ3v) is 1.36. The predicted octanol–water partition coefficient (Wildman–Crippen LogP) is -1.03. The zero-order valence-electron chi connectivity index (χ0n) is 7.66. The molecule has 6 heteroatoms. The lowest BCUT2D eigenvalue weighted by Gasteiger charge is -2.21. The van der Waals surface area contributed by atoms with E-state index in [9.17, 15) is 9.59 Å². The maximum atomic E-state index is 10.9. The minimum Gasteiger partial charge on any atom is -0.447 e. The van der Waals surface area contributed by atoms with Crippen molar-refractivity contribution in [2.45, 2.75) is 19.4 Å². The number of aliphatic hydroxyl groups is 1. The van der Waals surface area contributed by atoms with Crippen LogP contribution in [0.1, 0.15) is 13.8 Å². The number of nitrogens with one attached hydrogen (secondary N) is 1. The van der Waals surface area contributed by atoms with E-state index in [1.165, 1.54) is 13.8 Å². The van der Waals surface area contributed by atoms with Gasteiger partial charge in [0.25, 0.3) is 0 Å². The van der Waals surface area contributed by atoms with Gasteiger partial charge >= 0.3 is 6.09 Å². The highest BCUT2D eigenvalue weighted by atomic mass is 16.6. The molecule has 6 nitrogen and oxygen atoms in total. The standard InChI is InChI=1S/C7H14N2O4/c1-7(2,5(8)11)9-6(12)13-4-3-10/h10H,3-4H2,1-2H3,(H2,8,11)(H,9,12). The minimum atomic E-state index is -1.15. The molecule has 0 aliphatic heterocycles. The quantitative estimate of drug-likeness (QED) is 0.527. The van der Waals surface area contributed by atoms with Gasteiger partial charge in [0.1, 0.15) is 12.1 Å². The maximum absolute atomic E-state index is 10.9. The van der Waals surface area contributed by atoms with Gasteiger partial charge in [0.05, 0.1) is 6.61 Å². The Bertz CT molecular complexity index is 203. The summed E-state index contributed by atoms with van der Waals surface area (Å²) in [6.07, 6.45) is -0.780. The van der Waals surface area contributed by atoms with Crippen LogP contribution in [0.4, 0.5) is 4.79 Å². The Morgan fingerprint density at radius 2 is 2.08 bits per heavy atom. The fourth-order valence-electron chi connectivity index (χ4n) is 0.491. The normalized spacial score (nSPS) is 10.7. The van der Waals surface area contributed by atoms with Gasteiger partial charge in [-0.05, 0) is 13.8 Å². The summed E-state index contributed by atoms with van der Waals surface area (Å²) >= 11 is 0. The van der Waals surface area contributed by atoms with E-state index in [1.807, 2.05) is 0 Å². The monoisotopic (exact) mass is 190 g/mol. The lowest BCUT2D eigenvalue weighted by molar-refractivity contribution is -0.123. The summed E-state index contributed by atoms with van der Waals surface area (Å²) in [7, 11) is 0. The lowest BCUT2D eigenvalue weighted by atomic mass is 10.1. The van der Waals surface area contributed by atoms with Crippen LogP contribution in [-0.4, -0.2) is 35.9 Å². The van der Waals surface area contributed by atoms with Crippen molar-refractivity contribution in [3.63, 3.8) is 0 Å². The molecule has 0 heterocycles. The molecule has 4 N–H and O–H groups in total. The number of carbonyl (C=O) groups is 2. The summed E-state index contributed by atoms with van der Waals surface area (Å²) in [5.41, 5.74) is 3.84. The Labute approximate surface area is 76.0 Å². The minimum absolute atomic E-state index is 0.110. The van der Waals surface area contributed by atoms with E-state index in [1.54, 1.807) is 0 Å². The van der Waals surface area contributed by atoms with Crippen LogP contribution >= 0.6 is 0 Å². The molecule has 0 saturated carbocycles. The van der Waals surface area contributed by atoms with Crippen LogP contribution in [0.3, 0.4) is 0 Å². The van der Waals surface area contributed by atoms with Crippen LogP contribution in [-0.2, 0) is 9.53 Å². The number of rotatable bonds is 4. The number of amides is 2. The van der Waals surface area contributed by atoms with Gasteiger partial charge in [0.15, 0.2) is 0 Å². The SMILES string of the molecule is CC(C)(NC(=O)OCCO)C(N)=O. The van der Waals surface area contributed by atoms with Gasteiger partial charge in [-0.3, -0.25) is 4.79 Å². The maximum Gasteiger partial charge on any atom is 0.408 e. The molecule has 0 fully saturated rings. The largest absolute Gasteiger partial charge is 0.447 e. The average Bonchev–Trinajstić information content (AvgIpc) is 1.99. The molecular weight excluding hydrogens is 176 g/mol. The van der Waals surface area contributed by atoms with Crippen LogP contribution in [0, 0.1) is 0 Å². The first-order valence-corrected chi connectivity index (χ1v) is 3.76. The first-order chi connectivity index (χ1) is 5.90. The molecule has 0 unspecified atom stereocenters. The number of primary amides is 1. The molecule has 0 aromatic heterocycles. The Hall–Kier alpha value is -1.30. The highest BCUT2D eigenvalue weighted by Gasteiger charge is 2.27. The van der Waals surface area contributed by atoms with Gasteiger partial charge in [0, 0.05) is 0 Å². The van der Waals surface area contributed by atoms with Gasteiger partial charge in [0.2, 0.25) is 5.91 Å². The summed E-state index contributed by atoms with van der Waals surface area (Å²) < 4.78 is 4.47. The first-order valence-electron chi connectivity index (χ1n) is 3.76. The van der Waals surface area contributed by atoms with Crippen LogP contribution in [0.2, 0.25) is 0 Å². The molecule has 0 atom stereocenters. The van der Waals surface area contributed by atoms with Crippen LogP contribution in [0.5, 0.6) is 0 Å². The summed E-state index contributed by atoms with van der Waals surface area (Å²) in [4.78, 5) is 21.6. The Morgan fingerprint density at radius 3 is 2.46 bits per heavy atom. The highest BCUT2D eigenvalue weighted by molar-refractivity contribution is 5.87. The van der Waals surface area contributed by atoms with E-state index in [4.69, 9.17) is 10.8 Å². The number of carbonyl (C=O) groups excluding carboxylic acids is 2. The molecule has 76 valence electrons. The van der Waals surface area contributed by atoms with Crippen molar-refractivity contribution in [2.24, 2.45) is 5.73 Å². The fraction of sp³-hybridized carbons (Fsp3) is 0.714. The molecule has 0 rings (SSSR count). The van der Waals surface area contributed by atoms with Gasteiger partial charge in [-0.25, -0.2) is 4.79 Å². The molecule has 0 saturated heterocycles. The van der Waals surface area contributed by atoms with Gasteiger partial charge in [-0.15, -0.1) is 0 Å². The second-order valence-electron chi connectivity index (χ2n) is 2.97. The number of aliphatic hydroxyl groups excluding tert-OH is 1. The number of nitrogens with two attached hydrogens (primary N) is 1. The molecule has 0 aromatic rings. The van der Waals surface area contributed by atoms with E-state index in [0.717, 1.165) is 0 Å². The molecule has 13 heavy (non-hydrogen) atoms. The average molecular weight is 190 g/mol. The zero-order chi connectivity index (χ0) is 10.5. The Kier molecular flexibility index (Phi) is 4.19. The fourth-order valence-corrected chi connectivity index (χ4v) is 0.491. The molecule has 2 amide bonds. The summed E-state index contributed by atoms with van der Waals surface area (Å²) in [6.45, 7) is 2.54. The lowest BCUT2D eigenvalue weighted by Crippen LogP contribution is -2.53. The number of hydrogen-bond donors (Lipinski definition) is 3. The van der Waals surface area contributed by atoms with E-state index in [-0.39, 0.29) is 13.2 Å². The molecule has 0 aliphatic carbocycles. The van der Waals surface area contributed by atoms with E-state index in [2.05, 4.69) is 10.1 Å². The van der Waals surface area contributed by atoms with Gasteiger partial charge in [-0.2, -0.15) is 0 Å². The summed E-state index contributed by atoms with van der Waals surface area (Å²) in [5.74, 6) is -0.659. The van der Waals surface area contributed by atoms with Crippen molar-refractivity contribution >= 4 is 12.0 Å². The Balaban J connectivity index is 3.97. The van der Waals surface area contributed by atoms with Crippen molar-refractivity contribution < 1.29 is 19.4 Å². The van der Waals surface area contributed by atoms with E-state index >= 15 is 0 Å². The van der Waals surface area contributed by atoms with Crippen LogP contribution in [0.15, 0.2) is 0 Å². The zero-order valence-corrected chi connectivity index (χ0v) is 7.66. The van der Waals surface area contributed by atoms with Crippen molar-refractivity contribution in [3.8, 4) is 0 Å². The molecule has 0 aliphatic rings. The van der Waals surface area contributed by atoms with Crippen molar-refractivity contribution in [1.29, 1.82) is 0 Å². The molecule has 0 aromatic carbocycles. The van der Waals surface area contributed by atoms with Crippen LogP contribution in [0.25, 0.3) is 0 Å². The molecule has 0 spiro atoms. The Morgan fingerprint density at radius 1 is 1.54 bits per heavy atom. The van der Waals surface area contributed by atoms with Crippen molar-refractivity contribution in [2.75, 3.05) is 13.2 Å². The van der Waals surface area contributed by atoms with Gasteiger partial charge < -0.3 is 20.9 Å². The number of ether oxygens (including phenoxy) is 1. The highest BCUT2D eigenvalue weighted by Crippen LogP contribution is 2.00. The van der Waals surface area contributed by atoms with E-state index < -0.39 is 17.5 Å². The first kappa shape index (κ1) is 11.7. The third kappa shape index (κ3) is 4.32. The second-order valence-corrected chi connectivity index (χ2v) is 2.97. The second kappa shape index (κ2) is 4.66. The molecular formula is C7H14N2O4. The van der Waals surface area contributed by atoms with Crippen LogP contribution < -0.4 is 11.1 Å². The van der Waals surface area contributed by atoms with Crippen molar-refractivity contribution in [1.82, 2.24) is 5.32 Å². The summed E-state index contributed by atoms with van der Waals surface area (Å²) in [5, 5.41) is 10.6. The topological polar surface area (TPSA) is 102 Å². The molecule has 0 bridgehead atoms. The van der Waals surface area contributed by atoms with Gasteiger partial charge in [-0.1, -0.05) is 0 Å². The number of alkyl carbamates (subject to hydrolysis) is 1. The predicted molar refractivity (Wildman–Crippen MR) is 44.8 cm³/mol. The molecule has 0 radical (unpaired) electrons.